The van der Waals surface area contributed by atoms with Crippen molar-refractivity contribution in [1.82, 2.24) is 19.7 Å². The van der Waals surface area contributed by atoms with Crippen LogP contribution in [-0.4, -0.2) is 127 Å². The van der Waals surface area contributed by atoms with Crippen LogP contribution in [0.5, 0.6) is 11.5 Å². The molecule has 2 aromatic carbocycles. The van der Waals surface area contributed by atoms with Gasteiger partial charge in [-0.25, -0.2) is 0 Å². The predicted molar refractivity (Wildman–Crippen MR) is 255 cm³/mol. The van der Waals surface area contributed by atoms with E-state index in [-0.39, 0.29) is 24.6 Å². The number of alkyl halides is 6. The van der Waals surface area contributed by atoms with Crippen LogP contribution in [0.4, 0.5) is 37.7 Å². The van der Waals surface area contributed by atoms with Gasteiger partial charge in [0, 0.05) is 120 Å². The lowest BCUT2D eigenvalue weighted by molar-refractivity contribution is -0.205. The largest absolute Gasteiger partial charge is 0.501 e. The Hall–Kier alpha value is -6.64. The van der Waals surface area contributed by atoms with Crippen LogP contribution in [0.1, 0.15) is 44.2 Å². The highest BCUT2D eigenvalue weighted by Gasteiger charge is 2.44. The van der Waals surface area contributed by atoms with Crippen molar-refractivity contribution < 1.29 is 55.5 Å². The minimum atomic E-state index is -4.92. The molecule has 4 N–H and O–H groups in total. The van der Waals surface area contributed by atoms with Gasteiger partial charge in [0.2, 0.25) is 0 Å². The molecule has 7 rings (SSSR count). The van der Waals surface area contributed by atoms with Crippen LogP contribution < -0.4 is 20.1 Å². The molecule has 5 unspecified atom stereocenters. The number of aromatic nitrogens is 3. The molecule has 0 fully saturated rings. The van der Waals surface area contributed by atoms with Crippen molar-refractivity contribution in [3.63, 3.8) is 0 Å². The molecule has 0 saturated carbocycles. The van der Waals surface area contributed by atoms with E-state index >= 15 is 0 Å². The van der Waals surface area contributed by atoms with Crippen LogP contribution in [0.3, 0.4) is 0 Å². The molecule has 3 heterocycles. The van der Waals surface area contributed by atoms with Crippen LogP contribution in [0.25, 0.3) is 16.5 Å². The molecular weight excluding hydrogens is 923 g/mol. The van der Waals surface area contributed by atoms with Crippen molar-refractivity contribution >= 4 is 40.3 Å². The van der Waals surface area contributed by atoms with Gasteiger partial charge in [-0.05, 0) is 67.8 Å². The highest BCUT2D eigenvalue weighted by Crippen LogP contribution is 2.45. The van der Waals surface area contributed by atoms with Gasteiger partial charge in [0.05, 0.1) is 57.2 Å². The minimum absolute atomic E-state index is 0.0855. The Labute approximate surface area is 401 Å². The lowest BCUT2D eigenvalue weighted by atomic mass is 9.69. The number of aliphatic hydroxyl groups is 2. The highest BCUT2D eigenvalue weighted by molar-refractivity contribution is 6.10. The normalized spacial score (nSPS) is 21.6. The average Bonchev–Trinajstić information content (AvgIpc) is 3.82. The number of allylic oxidation sites excluding steroid dienone is 3. The van der Waals surface area contributed by atoms with Crippen LogP contribution >= 0.6 is 0 Å². The summed E-state index contributed by atoms with van der Waals surface area (Å²) in [6.45, 7) is 2.71. The summed E-state index contributed by atoms with van der Waals surface area (Å²) in [5.41, 5.74) is 9.44. The molecule has 0 bridgehead atoms. The van der Waals surface area contributed by atoms with Crippen molar-refractivity contribution in [2.45, 2.75) is 81.3 Å². The van der Waals surface area contributed by atoms with E-state index in [9.17, 15) is 36.6 Å². The SMILES string of the molecule is CN=CC(=CN)c1cnc2ccc(N(CC(O)C(F)(F)F)c3cc(OC)cc(OCCn4cc(C5(C)C=NC6(C)CC=C(N(CC(O)C(F)(F)F)C7=CC(OC)CC(OC)=C7)C=C6C5)cn4)c3)cc2c1. The number of hydrogen-bond donors (Lipinski definition) is 3. The monoisotopic (exact) mass is 978 g/mol. The second-order valence-corrected chi connectivity index (χ2v) is 17.7. The number of aliphatic hydroxyl groups excluding tert-OH is 2. The minimum Gasteiger partial charge on any atom is -0.501 e. The molecule has 0 amide bonds. The molecule has 0 radical (unpaired) electrons. The van der Waals surface area contributed by atoms with Crippen molar-refractivity contribution in [1.29, 1.82) is 0 Å². The van der Waals surface area contributed by atoms with Gasteiger partial charge in [0.15, 0.2) is 12.2 Å². The summed E-state index contributed by atoms with van der Waals surface area (Å²) in [7, 11) is 6.00. The van der Waals surface area contributed by atoms with Crippen LogP contribution in [0.15, 0.2) is 124 Å². The first kappa shape index (κ1) is 51.2. The van der Waals surface area contributed by atoms with E-state index in [2.05, 4.69) is 15.1 Å². The summed E-state index contributed by atoms with van der Waals surface area (Å²) in [6.07, 6.45) is 2.73. The maximum Gasteiger partial charge on any atom is 0.416 e. The molecule has 5 atom stereocenters. The zero-order valence-corrected chi connectivity index (χ0v) is 39.5. The van der Waals surface area contributed by atoms with Gasteiger partial charge >= 0.3 is 12.4 Å². The fourth-order valence-electron chi connectivity index (χ4n) is 8.50. The van der Waals surface area contributed by atoms with Gasteiger partial charge < -0.3 is 44.7 Å². The number of hydrogen-bond acceptors (Lipinski definition) is 13. The molecule has 3 aliphatic rings. The van der Waals surface area contributed by atoms with E-state index in [1.165, 1.54) is 37.3 Å². The fraction of sp³-hybridized carbons (Fsp3) is 0.400. The summed E-state index contributed by atoms with van der Waals surface area (Å²) in [4.78, 5) is 16.3. The number of anilines is 2. The Morgan fingerprint density at radius 1 is 0.929 bits per heavy atom. The van der Waals surface area contributed by atoms with E-state index in [1.807, 2.05) is 38.4 Å². The smallest absolute Gasteiger partial charge is 0.416 e. The summed E-state index contributed by atoms with van der Waals surface area (Å²) in [5, 5.41) is 25.8. The third-order valence-corrected chi connectivity index (χ3v) is 12.7. The van der Waals surface area contributed by atoms with E-state index < -0.39 is 54.7 Å². The molecule has 0 spiro atoms. The van der Waals surface area contributed by atoms with Crippen LogP contribution in [-0.2, 0) is 21.4 Å². The number of aliphatic imine (C=N–C) groups is 2. The topological polar surface area (TPSA) is 165 Å². The third kappa shape index (κ3) is 11.5. The number of halogens is 6. The molecule has 2 aliphatic carbocycles. The van der Waals surface area contributed by atoms with Crippen molar-refractivity contribution in [3.8, 4) is 11.5 Å². The maximum absolute atomic E-state index is 13.9. The molecular formula is C50H56F6N8O6. The van der Waals surface area contributed by atoms with Gasteiger partial charge in [-0.1, -0.05) is 13.0 Å². The Kier molecular flexibility index (Phi) is 15.2. The predicted octanol–water partition coefficient (Wildman–Crippen LogP) is 8.34. The third-order valence-electron chi connectivity index (χ3n) is 12.7. The van der Waals surface area contributed by atoms with E-state index in [0.29, 0.717) is 69.9 Å². The lowest BCUT2D eigenvalue weighted by Crippen LogP contribution is -2.43. The van der Waals surface area contributed by atoms with Gasteiger partial charge in [0.25, 0.3) is 0 Å². The molecule has 14 nitrogen and oxygen atoms in total. The van der Waals surface area contributed by atoms with Crippen molar-refractivity contribution in [2.75, 3.05) is 53.0 Å². The van der Waals surface area contributed by atoms with Gasteiger partial charge in [0.1, 0.15) is 23.9 Å². The highest BCUT2D eigenvalue weighted by atomic mass is 19.4. The first-order valence-electron chi connectivity index (χ1n) is 22.3. The molecule has 2 aromatic heterocycles. The fourth-order valence-corrected chi connectivity index (χ4v) is 8.50. The maximum atomic E-state index is 13.9. The molecule has 20 heteroatoms. The Morgan fingerprint density at radius 3 is 2.33 bits per heavy atom. The number of nitrogens with zero attached hydrogens (tertiary/aromatic N) is 7. The first-order valence-corrected chi connectivity index (χ1v) is 22.3. The number of fused-ring (bicyclic) bond motifs is 2. The van der Waals surface area contributed by atoms with Gasteiger partial charge in [-0.3, -0.25) is 19.7 Å². The number of methoxy groups -OCH3 is 3. The van der Waals surface area contributed by atoms with E-state index in [0.717, 1.165) is 11.1 Å². The Morgan fingerprint density at radius 2 is 1.66 bits per heavy atom. The molecule has 4 aromatic rings. The zero-order chi connectivity index (χ0) is 50.6. The number of nitrogens with two attached hydrogens (primary N) is 1. The Balaban J connectivity index is 1.10. The molecule has 374 valence electrons. The summed E-state index contributed by atoms with van der Waals surface area (Å²) in [5.74, 6) is 1.09. The zero-order valence-electron chi connectivity index (χ0n) is 39.5. The Bertz CT molecular complexity index is 2760. The average molecular weight is 979 g/mol. The number of benzene rings is 2. The first-order chi connectivity index (χ1) is 33.2. The summed E-state index contributed by atoms with van der Waals surface area (Å²) < 4.78 is 108. The van der Waals surface area contributed by atoms with Gasteiger partial charge in [-0.2, -0.15) is 31.4 Å². The summed E-state index contributed by atoms with van der Waals surface area (Å²) >= 11 is 0. The molecule has 70 heavy (non-hydrogen) atoms. The second-order valence-electron chi connectivity index (χ2n) is 17.7. The number of pyridine rings is 1. The molecule has 1 aliphatic heterocycles. The second kappa shape index (κ2) is 20.8. The van der Waals surface area contributed by atoms with Gasteiger partial charge in [-0.15, -0.1) is 0 Å². The van der Waals surface area contributed by atoms with E-state index in [4.69, 9.17) is 29.7 Å². The summed E-state index contributed by atoms with van der Waals surface area (Å²) in [6, 6.07) is 11.4. The van der Waals surface area contributed by atoms with Crippen molar-refractivity contribution in [2.24, 2.45) is 15.7 Å². The standard InChI is InChI=1S/C50H56F6N8O6/c1-47(22-34-15-37(9-10-48(34,2)60-30-47)64(29-46(66)50(54,55)56)38-16-40(67-4)20-41(17-38)68-5)35-26-61-62(27-35)11-12-70-43-19-39(18-42(21-43)69-6)63(28-45(65)49(51,52)53)36-7-8-44-31(14-36)13-32(25-59-44)33(23-57)24-58-3/h7-9,13-19,21,23-27,30,40,45-46,65-66H,10-12,20,22,28-29,57H2,1-6H3. The number of rotatable bonds is 18. The quantitative estimate of drug-likeness (QED) is 0.0649. The van der Waals surface area contributed by atoms with E-state index in [1.54, 1.807) is 85.0 Å². The van der Waals surface area contributed by atoms with Crippen LogP contribution in [0, 0.1) is 0 Å². The molecule has 0 saturated heterocycles. The lowest BCUT2D eigenvalue weighted by Gasteiger charge is -2.42. The number of ether oxygens (including phenoxy) is 4. The van der Waals surface area contributed by atoms with Crippen LogP contribution in [0.2, 0.25) is 0 Å². The van der Waals surface area contributed by atoms with Crippen molar-refractivity contribution in [3.05, 3.63) is 125 Å².